The Morgan fingerprint density at radius 1 is 1.00 bits per heavy atom. The fraction of sp³-hybridized carbons (Fsp3) is 0.350. The highest BCUT2D eigenvalue weighted by molar-refractivity contribution is 7.89. The van der Waals surface area contributed by atoms with Gasteiger partial charge in [0, 0.05) is 30.9 Å². The lowest BCUT2D eigenvalue weighted by atomic mass is 10.2. The van der Waals surface area contributed by atoms with E-state index in [0.717, 1.165) is 39.3 Å². The number of anilines is 1. The summed E-state index contributed by atoms with van der Waals surface area (Å²) in [5.74, 6) is -0.238. The summed E-state index contributed by atoms with van der Waals surface area (Å²) in [5.41, 5.74) is 1.08. The van der Waals surface area contributed by atoms with Crippen LogP contribution in [0.4, 0.5) is 5.69 Å². The average molecular weight is 404 g/mol. The van der Waals surface area contributed by atoms with Crippen molar-refractivity contribution in [3.8, 4) is 0 Å². The maximum Gasteiger partial charge on any atom is 0.255 e. The number of hydrogen-bond acceptors (Lipinski definition) is 5. The molecule has 0 bridgehead atoms. The van der Waals surface area contributed by atoms with Crippen LogP contribution in [-0.2, 0) is 14.8 Å². The monoisotopic (exact) mass is 403 g/mol. The van der Waals surface area contributed by atoms with Crippen LogP contribution in [0, 0.1) is 0 Å². The van der Waals surface area contributed by atoms with Gasteiger partial charge < -0.3 is 10.1 Å². The number of nitrogens with zero attached hydrogens (tertiary/aromatic N) is 1. The molecule has 0 aromatic heterocycles. The minimum Gasteiger partial charge on any atom is -0.379 e. The Labute approximate surface area is 165 Å². The number of sulfonamides is 1. The standard InChI is InChI=1S/C20H25N3O4S/c24-20(17-5-2-1-3-6-17)22-18-7-9-19(10-8-18)28(25,26)21-11-4-12-23-13-15-27-16-14-23/h1-3,5-10,21H,4,11-16H2,(H,22,24). The number of rotatable bonds is 8. The van der Waals surface area contributed by atoms with Gasteiger partial charge in [-0.15, -0.1) is 0 Å². The molecular formula is C20H25N3O4S. The molecule has 0 atom stereocenters. The fourth-order valence-corrected chi connectivity index (χ4v) is 4.00. The fourth-order valence-electron chi connectivity index (χ4n) is 2.93. The van der Waals surface area contributed by atoms with Crippen molar-refractivity contribution in [1.29, 1.82) is 0 Å². The van der Waals surface area contributed by atoms with E-state index in [1.54, 1.807) is 36.4 Å². The summed E-state index contributed by atoms with van der Waals surface area (Å²) in [6.07, 6.45) is 0.741. The molecule has 8 heteroatoms. The quantitative estimate of drug-likeness (QED) is 0.658. The molecule has 1 amide bonds. The van der Waals surface area contributed by atoms with Gasteiger partial charge in [0.15, 0.2) is 0 Å². The van der Waals surface area contributed by atoms with Crippen molar-refractivity contribution in [1.82, 2.24) is 9.62 Å². The number of nitrogens with one attached hydrogen (secondary N) is 2. The summed E-state index contributed by atoms with van der Waals surface area (Å²) < 4.78 is 32.7. The minimum absolute atomic E-state index is 0.177. The number of amides is 1. The molecule has 2 N–H and O–H groups in total. The van der Waals surface area contributed by atoms with Crippen molar-refractivity contribution < 1.29 is 17.9 Å². The van der Waals surface area contributed by atoms with Gasteiger partial charge in [0.25, 0.3) is 5.91 Å². The molecule has 0 saturated carbocycles. The molecular weight excluding hydrogens is 378 g/mol. The van der Waals surface area contributed by atoms with Gasteiger partial charge in [-0.25, -0.2) is 13.1 Å². The van der Waals surface area contributed by atoms with Crippen LogP contribution in [0.2, 0.25) is 0 Å². The molecule has 1 fully saturated rings. The Bertz CT molecular complexity index is 864. The van der Waals surface area contributed by atoms with E-state index >= 15 is 0 Å². The molecule has 2 aromatic rings. The van der Waals surface area contributed by atoms with Gasteiger partial charge in [0.2, 0.25) is 10.0 Å². The number of morpholine rings is 1. The number of ether oxygens (including phenoxy) is 1. The highest BCUT2D eigenvalue weighted by atomic mass is 32.2. The third-order valence-corrected chi connectivity index (χ3v) is 5.98. The van der Waals surface area contributed by atoms with Gasteiger partial charge in [-0.3, -0.25) is 9.69 Å². The Hall–Kier alpha value is -2.26. The van der Waals surface area contributed by atoms with Gasteiger partial charge in [-0.1, -0.05) is 18.2 Å². The molecule has 7 nitrogen and oxygen atoms in total. The number of benzene rings is 2. The van der Waals surface area contributed by atoms with Crippen LogP contribution in [0.25, 0.3) is 0 Å². The zero-order chi connectivity index (χ0) is 19.8. The van der Waals surface area contributed by atoms with Gasteiger partial charge in [-0.2, -0.15) is 0 Å². The topological polar surface area (TPSA) is 87.7 Å². The number of hydrogen-bond donors (Lipinski definition) is 2. The Kier molecular flexibility index (Phi) is 7.16. The SMILES string of the molecule is O=C(Nc1ccc(S(=O)(=O)NCCCN2CCOCC2)cc1)c1ccccc1. The van der Waals surface area contributed by atoms with Crippen LogP contribution in [0.5, 0.6) is 0 Å². The zero-order valence-electron chi connectivity index (χ0n) is 15.6. The van der Waals surface area contributed by atoms with Crippen molar-refractivity contribution in [2.45, 2.75) is 11.3 Å². The lowest BCUT2D eigenvalue weighted by Crippen LogP contribution is -2.38. The first-order valence-electron chi connectivity index (χ1n) is 9.31. The van der Waals surface area contributed by atoms with E-state index < -0.39 is 10.0 Å². The summed E-state index contributed by atoms with van der Waals surface area (Å²) in [7, 11) is -3.57. The highest BCUT2D eigenvalue weighted by Gasteiger charge is 2.15. The largest absolute Gasteiger partial charge is 0.379 e. The van der Waals surface area contributed by atoms with E-state index in [2.05, 4.69) is 14.9 Å². The van der Waals surface area contributed by atoms with E-state index in [-0.39, 0.29) is 10.8 Å². The first-order chi connectivity index (χ1) is 13.5. The molecule has 0 radical (unpaired) electrons. The molecule has 1 saturated heterocycles. The van der Waals surface area contributed by atoms with E-state index in [1.165, 1.54) is 12.1 Å². The van der Waals surface area contributed by atoms with Crippen LogP contribution in [0.3, 0.4) is 0 Å². The maximum absolute atomic E-state index is 12.4. The van der Waals surface area contributed by atoms with Gasteiger partial charge >= 0.3 is 0 Å². The number of carbonyl (C=O) groups is 1. The predicted molar refractivity (Wildman–Crippen MR) is 108 cm³/mol. The third kappa shape index (κ3) is 5.87. The van der Waals surface area contributed by atoms with Crippen LogP contribution < -0.4 is 10.0 Å². The summed E-state index contributed by atoms with van der Waals surface area (Å²) in [4.78, 5) is 14.6. The van der Waals surface area contributed by atoms with Crippen LogP contribution in [0.15, 0.2) is 59.5 Å². The summed E-state index contributed by atoms with van der Waals surface area (Å²) in [5, 5.41) is 2.76. The smallest absolute Gasteiger partial charge is 0.255 e. The molecule has 0 spiro atoms. The van der Waals surface area contributed by atoms with Crippen molar-refractivity contribution in [3.05, 3.63) is 60.2 Å². The maximum atomic E-state index is 12.4. The molecule has 150 valence electrons. The van der Waals surface area contributed by atoms with Crippen LogP contribution in [-0.4, -0.2) is 58.6 Å². The first kappa shape index (κ1) is 20.5. The molecule has 1 heterocycles. The van der Waals surface area contributed by atoms with Crippen molar-refractivity contribution in [3.63, 3.8) is 0 Å². The summed E-state index contributed by atoms with van der Waals surface area (Å²) in [6.45, 7) is 4.48. The van der Waals surface area contributed by atoms with E-state index in [1.807, 2.05) is 6.07 Å². The normalized spacial score (nSPS) is 15.3. The van der Waals surface area contributed by atoms with E-state index in [4.69, 9.17) is 4.74 Å². The van der Waals surface area contributed by atoms with E-state index in [0.29, 0.717) is 17.8 Å². The van der Waals surface area contributed by atoms with Crippen LogP contribution >= 0.6 is 0 Å². The van der Waals surface area contributed by atoms with Gasteiger partial charge in [0.1, 0.15) is 0 Å². The molecule has 1 aliphatic rings. The molecule has 2 aromatic carbocycles. The van der Waals surface area contributed by atoms with Crippen LogP contribution in [0.1, 0.15) is 16.8 Å². The lowest BCUT2D eigenvalue weighted by Gasteiger charge is -2.26. The molecule has 28 heavy (non-hydrogen) atoms. The molecule has 3 rings (SSSR count). The Morgan fingerprint density at radius 2 is 1.68 bits per heavy atom. The summed E-state index contributed by atoms with van der Waals surface area (Å²) >= 11 is 0. The predicted octanol–water partition coefficient (Wildman–Crippen LogP) is 1.94. The Morgan fingerprint density at radius 3 is 2.36 bits per heavy atom. The second-order valence-corrected chi connectivity index (χ2v) is 8.32. The minimum atomic E-state index is -3.57. The van der Waals surface area contributed by atoms with Gasteiger partial charge in [0.05, 0.1) is 18.1 Å². The zero-order valence-corrected chi connectivity index (χ0v) is 16.5. The Balaban J connectivity index is 1.49. The van der Waals surface area contributed by atoms with Gasteiger partial charge in [-0.05, 0) is 49.4 Å². The molecule has 0 unspecified atom stereocenters. The third-order valence-electron chi connectivity index (χ3n) is 4.51. The van der Waals surface area contributed by atoms with E-state index in [9.17, 15) is 13.2 Å². The lowest BCUT2D eigenvalue weighted by molar-refractivity contribution is 0.0376. The molecule has 1 aliphatic heterocycles. The molecule has 0 aliphatic carbocycles. The van der Waals surface area contributed by atoms with Crippen molar-refractivity contribution in [2.75, 3.05) is 44.7 Å². The van der Waals surface area contributed by atoms with Crippen molar-refractivity contribution in [2.24, 2.45) is 0 Å². The summed E-state index contributed by atoms with van der Waals surface area (Å²) in [6, 6.07) is 15.0. The second kappa shape index (κ2) is 9.79. The average Bonchev–Trinajstić information content (AvgIpc) is 2.73. The first-order valence-corrected chi connectivity index (χ1v) is 10.8. The van der Waals surface area contributed by atoms with Crippen molar-refractivity contribution >= 4 is 21.6 Å². The second-order valence-electron chi connectivity index (χ2n) is 6.55. The number of carbonyl (C=O) groups excluding carboxylic acids is 1. The highest BCUT2D eigenvalue weighted by Crippen LogP contribution is 2.15.